The topological polar surface area (TPSA) is 41.5 Å². The van der Waals surface area contributed by atoms with E-state index >= 15 is 0 Å². The number of hydrazone groups is 1. The van der Waals surface area contributed by atoms with E-state index in [1.54, 1.807) is 17.6 Å². The molecule has 0 aromatic carbocycles. The molecule has 18 heavy (non-hydrogen) atoms. The van der Waals surface area contributed by atoms with Gasteiger partial charge in [0.2, 0.25) is 5.91 Å². The van der Waals surface area contributed by atoms with E-state index in [1.807, 2.05) is 17.5 Å². The largest absolute Gasteiger partial charge is 0.273 e. The van der Waals surface area contributed by atoms with Crippen molar-refractivity contribution in [3.05, 3.63) is 22.4 Å². The summed E-state index contributed by atoms with van der Waals surface area (Å²) >= 11 is 1.62. The third-order valence-electron chi connectivity index (χ3n) is 4.52. The number of nitrogens with one attached hydrogen (secondary N) is 1. The average molecular weight is 262 g/mol. The molecule has 0 unspecified atom stereocenters. The highest BCUT2D eigenvalue weighted by molar-refractivity contribution is 7.11. The molecule has 1 aromatic rings. The Bertz CT molecular complexity index is 468. The van der Waals surface area contributed by atoms with Crippen LogP contribution < -0.4 is 5.43 Å². The number of hydrogen-bond acceptors (Lipinski definition) is 3. The van der Waals surface area contributed by atoms with Crippen molar-refractivity contribution < 1.29 is 4.79 Å². The molecule has 3 nitrogen and oxygen atoms in total. The van der Waals surface area contributed by atoms with Gasteiger partial charge in [0.1, 0.15) is 0 Å². The molecule has 3 atom stereocenters. The summed E-state index contributed by atoms with van der Waals surface area (Å²) in [5, 5.41) is 6.05. The van der Waals surface area contributed by atoms with Gasteiger partial charge in [-0.05, 0) is 35.6 Å². The molecule has 1 N–H and O–H groups in total. The van der Waals surface area contributed by atoms with Gasteiger partial charge in [0.25, 0.3) is 0 Å². The minimum Gasteiger partial charge on any atom is -0.273 e. The van der Waals surface area contributed by atoms with Gasteiger partial charge in [0.05, 0.1) is 6.21 Å². The van der Waals surface area contributed by atoms with E-state index in [-0.39, 0.29) is 17.2 Å². The van der Waals surface area contributed by atoms with Gasteiger partial charge < -0.3 is 0 Å². The number of carbonyl (C=O) groups is 1. The number of rotatable bonds is 3. The number of amides is 1. The standard InChI is InChI=1S/C14H18N2OS/c1-14-7-3-2-6-11(14)12(14)13(17)16-15-9-10-5-4-8-18-10/h4-5,8-9,11-12H,2-3,6-7H2,1H3,(H,16,17)/b15-9-/t11-,12-,14+/m1/s1. The number of nitrogens with zero attached hydrogens (tertiary/aromatic N) is 1. The first-order valence-electron chi connectivity index (χ1n) is 6.58. The van der Waals surface area contributed by atoms with Gasteiger partial charge in [-0.25, -0.2) is 5.43 Å². The second kappa shape index (κ2) is 4.50. The lowest BCUT2D eigenvalue weighted by Crippen LogP contribution is -2.22. The Morgan fingerprint density at radius 1 is 1.61 bits per heavy atom. The molecule has 0 spiro atoms. The van der Waals surface area contributed by atoms with Crippen LogP contribution in [0.3, 0.4) is 0 Å². The highest BCUT2D eigenvalue weighted by Crippen LogP contribution is 2.66. The van der Waals surface area contributed by atoms with Crippen molar-refractivity contribution in [3.8, 4) is 0 Å². The Balaban J connectivity index is 1.57. The fourth-order valence-electron chi connectivity index (χ4n) is 3.44. The van der Waals surface area contributed by atoms with Crippen LogP contribution in [0, 0.1) is 17.3 Å². The van der Waals surface area contributed by atoms with Crippen molar-refractivity contribution in [2.45, 2.75) is 32.6 Å². The first-order valence-corrected chi connectivity index (χ1v) is 7.46. The van der Waals surface area contributed by atoms with E-state index in [2.05, 4.69) is 17.5 Å². The summed E-state index contributed by atoms with van der Waals surface area (Å²) in [5.41, 5.74) is 2.97. The molecule has 3 rings (SSSR count). The van der Waals surface area contributed by atoms with Crippen molar-refractivity contribution in [2.75, 3.05) is 0 Å². The Hall–Kier alpha value is -1.16. The molecule has 0 radical (unpaired) electrons. The summed E-state index contributed by atoms with van der Waals surface area (Å²) in [6, 6.07) is 3.96. The fourth-order valence-corrected chi connectivity index (χ4v) is 4.03. The number of carbonyl (C=O) groups excluding carboxylic acids is 1. The third kappa shape index (κ3) is 1.99. The van der Waals surface area contributed by atoms with Crippen LogP contribution in [0.1, 0.15) is 37.5 Å². The lowest BCUT2D eigenvalue weighted by atomic mass is 9.90. The highest BCUT2D eigenvalue weighted by Gasteiger charge is 2.64. The second-order valence-electron chi connectivity index (χ2n) is 5.59. The van der Waals surface area contributed by atoms with Gasteiger partial charge in [-0.2, -0.15) is 5.10 Å². The molecule has 2 aliphatic carbocycles. The quantitative estimate of drug-likeness (QED) is 0.660. The molecule has 2 fully saturated rings. The molecule has 96 valence electrons. The average Bonchev–Trinajstić information content (AvgIpc) is 2.71. The number of fused-ring (bicyclic) bond motifs is 1. The van der Waals surface area contributed by atoms with E-state index in [0.717, 1.165) is 4.88 Å². The maximum atomic E-state index is 12.1. The predicted molar refractivity (Wildman–Crippen MR) is 73.6 cm³/mol. The first-order chi connectivity index (χ1) is 8.72. The van der Waals surface area contributed by atoms with Gasteiger partial charge in [-0.1, -0.05) is 25.8 Å². The lowest BCUT2D eigenvalue weighted by molar-refractivity contribution is -0.123. The van der Waals surface area contributed by atoms with Gasteiger partial charge in [0, 0.05) is 10.8 Å². The SMILES string of the molecule is C[C@]12CCCC[C@@H]1[C@@H]2C(=O)N/N=C\c1cccs1. The molecule has 1 heterocycles. The maximum absolute atomic E-state index is 12.1. The molecule has 0 bridgehead atoms. The van der Waals surface area contributed by atoms with Crippen LogP contribution in [0.2, 0.25) is 0 Å². The molecule has 1 aromatic heterocycles. The molecular formula is C14H18N2OS. The minimum atomic E-state index is 0.109. The zero-order chi connectivity index (χ0) is 12.6. The van der Waals surface area contributed by atoms with Crippen molar-refractivity contribution in [1.82, 2.24) is 5.43 Å². The van der Waals surface area contributed by atoms with Gasteiger partial charge >= 0.3 is 0 Å². The molecule has 2 aliphatic rings. The van der Waals surface area contributed by atoms with Crippen LogP contribution in [-0.2, 0) is 4.79 Å². The smallest absolute Gasteiger partial charge is 0.244 e. The van der Waals surface area contributed by atoms with Gasteiger partial charge in [0.15, 0.2) is 0 Å². The van der Waals surface area contributed by atoms with Crippen molar-refractivity contribution in [3.63, 3.8) is 0 Å². The summed E-state index contributed by atoms with van der Waals surface area (Å²) in [6.45, 7) is 2.25. The van der Waals surface area contributed by atoms with E-state index in [9.17, 15) is 4.79 Å². The van der Waals surface area contributed by atoms with Crippen molar-refractivity contribution >= 4 is 23.5 Å². The van der Waals surface area contributed by atoms with E-state index in [1.165, 1.54) is 25.7 Å². The van der Waals surface area contributed by atoms with Gasteiger partial charge in [-0.3, -0.25) is 4.79 Å². The monoisotopic (exact) mass is 262 g/mol. The maximum Gasteiger partial charge on any atom is 0.244 e. The van der Waals surface area contributed by atoms with E-state index in [4.69, 9.17) is 0 Å². The second-order valence-corrected chi connectivity index (χ2v) is 6.56. The first kappa shape index (κ1) is 11.9. The summed E-state index contributed by atoms with van der Waals surface area (Å²) in [6.07, 6.45) is 6.68. The molecule has 4 heteroatoms. The van der Waals surface area contributed by atoms with E-state index in [0.29, 0.717) is 5.92 Å². The molecule has 0 saturated heterocycles. The predicted octanol–water partition coefficient (Wildman–Crippen LogP) is 3.02. The van der Waals surface area contributed by atoms with Gasteiger partial charge in [-0.15, -0.1) is 11.3 Å². The minimum absolute atomic E-state index is 0.109. The normalized spacial score (nSPS) is 34.3. The summed E-state index contributed by atoms with van der Waals surface area (Å²) in [4.78, 5) is 13.1. The molecular weight excluding hydrogens is 244 g/mol. The zero-order valence-corrected chi connectivity index (χ0v) is 11.4. The Morgan fingerprint density at radius 3 is 3.17 bits per heavy atom. The van der Waals surface area contributed by atoms with Crippen LogP contribution in [0.5, 0.6) is 0 Å². The molecule has 0 aliphatic heterocycles. The van der Waals surface area contributed by atoms with Crippen LogP contribution in [0.25, 0.3) is 0 Å². The highest BCUT2D eigenvalue weighted by atomic mass is 32.1. The summed E-state index contributed by atoms with van der Waals surface area (Å²) in [7, 11) is 0. The van der Waals surface area contributed by atoms with E-state index < -0.39 is 0 Å². The van der Waals surface area contributed by atoms with Crippen LogP contribution in [0.15, 0.2) is 22.6 Å². The Morgan fingerprint density at radius 2 is 2.50 bits per heavy atom. The fraction of sp³-hybridized carbons (Fsp3) is 0.571. The zero-order valence-electron chi connectivity index (χ0n) is 10.6. The third-order valence-corrected chi connectivity index (χ3v) is 5.33. The molecule has 2 saturated carbocycles. The Kier molecular flexibility index (Phi) is 2.98. The van der Waals surface area contributed by atoms with Crippen LogP contribution in [-0.4, -0.2) is 12.1 Å². The summed E-state index contributed by atoms with van der Waals surface area (Å²) < 4.78 is 0. The number of thiophene rings is 1. The molecule has 1 amide bonds. The van der Waals surface area contributed by atoms with Crippen molar-refractivity contribution in [1.29, 1.82) is 0 Å². The summed E-state index contributed by atoms with van der Waals surface area (Å²) in [5.74, 6) is 0.904. The van der Waals surface area contributed by atoms with Crippen LogP contribution >= 0.6 is 11.3 Å². The van der Waals surface area contributed by atoms with Crippen LogP contribution in [0.4, 0.5) is 0 Å². The Labute approximate surface area is 111 Å². The number of hydrogen-bond donors (Lipinski definition) is 1. The lowest BCUT2D eigenvalue weighted by Gasteiger charge is -2.15. The van der Waals surface area contributed by atoms with Crippen molar-refractivity contribution in [2.24, 2.45) is 22.4 Å².